The molecule has 0 saturated carbocycles. The smallest absolute Gasteiger partial charge is 0.270 e. The first kappa shape index (κ1) is 18.8. The van der Waals surface area contributed by atoms with Gasteiger partial charge in [-0.2, -0.15) is 0 Å². The summed E-state index contributed by atoms with van der Waals surface area (Å²) in [6.45, 7) is 4.89. The minimum atomic E-state index is -0.176. The van der Waals surface area contributed by atoms with Crippen LogP contribution in [0, 0.1) is 5.82 Å². The molecule has 6 nitrogen and oxygen atoms in total. The number of ether oxygens (including phenoxy) is 1. The predicted octanol–water partition coefficient (Wildman–Crippen LogP) is 1.98. The van der Waals surface area contributed by atoms with Crippen LogP contribution in [0.4, 0.5) is 10.1 Å². The van der Waals surface area contributed by atoms with Crippen LogP contribution in [-0.4, -0.2) is 62.2 Å². The van der Waals surface area contributed by atoms with Crippen molar-refractivity contribution in [2.24, 2.45) is 0 Å². The number of amides is 1. The van der Waals surface area contributed by atoms with E-state index in [-0.39, 0.29) is 11.7 Å². The Labute approximate surface area is 156 Å². The van der Waals surface area contributed by atoms with Crippen LogP contribution in [0.2, 0.25) is 0 Å². The highest BCUT2D eigenvalue weighted by molar-refractivity contribution is 7.09. The van der Waals surface area contributed by atoms with Crippen LogP contribution in [0.5, 0.6) is 0 Å². The number of carbonyl (C=O) groups is 1. The Morgan fingerprint density at radius 1 is 1.31 bits per heavy atom. The number of rotatable bonds is 7. The molecule has 140 valence electrons. The third kappa shape index (κ3) is 4.78. The normalized spacial score (nSPS) is 15.2. The van der Waals surface area contributed by atoms with Gasteiger partial charge >= 0.3 is 0 Å². The van der Waals surface area contributed by atoms with Gasteiger partial charge in [-0.15, -0.1) is 11.3 Å². The molecule has 2 heterocycles. The summed E-state index contributed by atoms with van der Waals surface area (Å²) in [7, 11) is 1.60. The fourth-order valence-corrected chi connectivity index (χ4v) is 3.71. The van der Waals surface area contributed by atoms with E-state index in [1.165, 1.54) is 17.4 Å². The molecule has 1 aliphatic rings. The SMILES string of the molecule is COCCNC(=O)c1csc(CN2CCN(c3ccccc3F)CC2)n1. The number of aromatic nitrogens is 1. The van der Waals surface area contributed by atoms with Gasteiger partial charge in [0, 0.05) is 45.2 Å². The lowest BCUT2D eigenvalue weighted by Crippen LogP contribution is -2.46. The molecule has 1 aliphatic heterocycles. The van der Waals surface area contributed by atoms with Gasteiger partial charge in [0.2, 0.25) is 0 Å². The zero-order valence-electron chi connectivity index (χ0n) is 14.8. The molecule has 1 N–H and O–H groups in total. The number of nitrogens with one attached hydrogen (secondary N) is 1. The van der Waals surface area contributed by atoms with Crippen LogP contribution in [0.25, 0.3) is 0 Å². The minimum absolute atomic E-state index is 0.172. The van der Waals surface area contributed by atoms with Crippen molar-refractivity contribution in [2.75, 3.05) is 51.3 Å². The van der Waals surface area contributed by atoms with Crippen LogP contribution in [0.3, 0.4) is 0 Å². The number of para-hydroxylation sites is 1. The van der Waals surface area contributed by atoms with E-state index in [1.807, 2.05) is 12.1 Å². The zero-order chi connectivity index (χ0) is 18.4. The first-order chi connectivity index (χ1) is 12.7. The van der Waals surface area contributed by atoms with Crippen LogP contribution >= 0.6 is 11.3 Å². The molecule has 1 amide bonds. The molecule has 0 bridgehead atoms. The van der Waals surface area contributed by atoms with E-state index in [2.05, 4.69) is 20.1 Å². The molecule has 2 aromatic rings. The van der Waals surface area contributed by atoms with E-state index in [1.54, 1.807) is 18.6 Å². The van der Waals surface area contributed by atoms with Gasteiger partial charge in [0.15, 0.2) is 0 Å². The van der Waals surface area contributed by atoms with Crippen molar-refractivity contribution < 1.29 is 13.9 Å². The number of anilines is 1. The van der Waals surface area contributed by atoms with Gasteiger partial charge in [0.1, 0.15) is 16.5 Å². The highest BCUT2D eigenvalue weighted by Gasteiger charge is 2.20. The summed E-state index contributed by atoms with van der Waals surface area (Å²) in [6.07, 6.45) is 0. The standard InChI is InChI=1S/C18H23FN4O2S/c1-25-11-6-20-18(24)15-13-26-17(21-15)12-22-7-9-23(10-8-22)16-5-3-2-4-14(16)19/h2-5,13H,6-12H2,1H3,(H,20,24). The van der Waals surface area contributed by atoms with Crippen LogP contribution in [0.15, 0.2) is 29.6 Å². The molecule has 0 aliphatic carbocycles. The molecule has 0 radical (unpaired) electrons. The molecule has 1 aromatic carbocycles. The topological polar surface area (TPSA) is 57.7 Å². The lowest BCUT2D eigenvalue weighted by Gasteiger charge is -2.35. The number of piperazine rings is 1. The highest BCUT2D eigenvalue weighted by atomic mass is 32.1. The van der Waals surface area contributed by atoms with E-state index >= 15 is 0 Å². The Morgan fingerprint density at radius 3 is 2.81 bits per heavy atom. The second kappa shape index (κ2) is 9.07. The second-order valence-corrected chi connectivity index (χ2v) is 7.03. The second-order valence-electron chi connectivity index (χ2n) is 6.09. The number of nitrogens with zero attached hydrogens (tertiary/aromatic N) is 3. The molecule has 1 saturated heterocycles. The number of hydrogen-bond acceptors (Lipinski definition) is 6. The number of carbonyl (C=O) groups excluding carboxylic acids is 1. The van der Waals surface area contributed by atoms with Gasteiger partial charge in [-0.05, 0) is 12.1 Å². The summed E-state index contributed by atoms with van der Waals surface area (Å²) < 4.78 is 18.8. The maximum Gasteiger partial charge on any atom is 0.270 e. The number of benzene rings is 1. The van der Waals surface area contributed by atoms with Gasteiger partial charge < -0.3 is 15.0 Å². The van der Waals surface area contributed by atoms with Gasteiger partial charge in [-0.1, -0.05) is 12.1 Å². The van der Waals surface area contributed by atoms with E-state index in [9.17, 15) is 9.18 Å². The average Bonchev–Trinajstić information content (AvgIpc) is 3.12. The molecule has 8 heteroatoms. The summed E-state index contributed by atoms with van der Waals surface area (Å²) in [5.74, 6) is -0.348. The van der Waals surface area contributed by atoms with E-state index in [0.29, 0.717) is 31.1 Å². The van der Waals surface area contributed by atoms with Crippen LogP contribution in [0.1, 0.15) is 15.5 Å². The summed E-state index contributed by atoms with van der Waals surface area (Å²) in [4.78, 5) is 20.8. The van der Waals surface area contributed by atoms with Gasteiger partial charge in [-0.25, -0.2) is 9.37 Å². The monoisotopic (exact) mass is 378 g/mol. The largest absolute Gasteiger partial charge is 0.383 e. The van der Waals surface area contributed by atoms with Gasteiger partial charge in [0.05, 0.1) is 18.8 Å². The highest BCUT2D eigenvalue weighted by Crippen LogP contribution is 2.21. The lowest BCUT2D eigenvalue weighted by atomic mass is 10.2. The molecule has 1 aromatic heterocycles. The molecule has 1 fully saturated rings. The van der Waals surface area contributed by atoms with E-state index in [4.69, 9.17) is 4.74 Å². The summed E-state index contributed by atoms with van der Waals surface area (Å²) in [5, 5.41) is 5.47. The van der Waals surface area contributed by atoms with Crippen LogP contribution < -0.4 is 10.2 Å². The fraction of sp³-hybridized carbons (Fsp3) is 0.444. The molecule has 3 rings (SSSR count). The minimum Gasteiger partial charge on any atom is -0.383 e. The number of thiazole rings is 1. The quantitative estimate of drug-likeness (QED) is 0.747. The third-order valence-corrected chi connectivity index (χ3v) is 5.13. The Balaban J connectivity index is 1.49. The van der Waals surface area contributed by atoms with Crippen molar-refractivity contribution in [2.45, 2.75) is 6.54 Å². The van der Waals surface area contributed by atoms with Crippen molar-refractivity contribution >= 4 is 22.9 Å². The maximum absolute atomic E-state index is 13.9. The molecule has 0 unspecified atom stereocenters. The van der Waals surface area contributed by atoms with Crippen molar-refractivity contribution in [1.29, 1.82) is 0 Å². The summed E-state index contributed by atoms with van der Waals surface area (Å²) >= 11 is 1.49. The Hall–Kier alpha value is -2.03. The predicted molar refractivity (Wildman–Crippen MR) is 100 cm³/mol. The van der Waals surface area contributed by atoms with Crippen molar-refractivity contribution in [3.05, 3.63) is 46.2 Å². The Bertz CT molecular complexity index is 731. The van der Waals surface area contributed by atoms with Crippen molar-refractivity contribution in [3.63, 3.8) is 0 Å². The van der Waals surface area contributed by atoms with Gasteiger partial charge in [-0.3, -0.25) is 9.69 Å². The van der Waals surface area contributed by atoms with E-state index < -0.39 is 0 Å². The number of methoxy groups -OCH3 is 1. The van der Waals surface area contributed by atoms with Crippen molar-refractivity contribution in [3.8, 4) is 0 Å². The number of halogens is 1. The van der Waals surface area contributed by atoms with Gasteiger partial charge in [0.25, 0.3) is 5.91 Å². The summed E-state index contributed by atoms with van der Waals surface area (Å²) in [5.41, 5.74) is 1.11. The molecule has 26 heavy (non-hydrogen) atoms. The molecule has 0 spiro atoms. The fourth-order valence-electron chi connectivity index (χ4n) is 2.89. The third-order valence-electron chi connectivity index (χ3n) is 4.30. The Morgan fingerprint density at radius 2 is 2.08 bits per heavy atom. The first-order valence-electron chi connectivity index (χ1n) is 8.60. The van der Waals surface area contributed by atoms with Crippen LogP contribution in [-0.2, 0) is 11.3 Å². The zero-order valence-corrected chi connectivity index (χ0v) is 15.6. The van der Waals surface area contributed by atoms with Crippen molar-refractivity contribution in [1.82, 2.24) is 15.2 Å². The molecular weight excluding hydrogens is 355 g/mol. The summed E-state index contributed by atoms with van der Waals surface area (Å²) in [6, 6.07) is 6.89. The molecule has 0 atom stereocenters. The maximum atomic E-state index is 13.9. The van der Waals surface area contributed by atoms with E-state index in [0.717, 1.165) is 31.2 Å². The molecular formula is C18H23FN4O2S. The first-order valence-corrected chi connectivity index (χ1v) is 9.48. The lowest BCUT2D eigenvalue weighted by molar-refractivity contribution is 0.0932. The Kier molecular flexibility index (Phi) is 6.54. The number of hydrogen-bond donors (Lipinski definition) is 1. The average molecular weight is 378 g/mol.